The molecule has 0 aliphatic carbocycles. The molecule has 1 unspecified atom stereocenters. The smallest absolute Gasteiger partial charge is 0.326 e. The fourth-order valence-corrected chi connectivity index (χ4v) is 1.69. The van der Waals surface area contributed by atoms with Crippen molar-refractivity contribution in [1.82, 2.24) is 5.32 Å². The minimum atomic E-state index is -1.01. The molecular formula is C10H20N2O3S. The van der Waals surface area contributed by atoms with Crippen LogP contribution in [0.4, 0.5) is 0 Å². The highest BCUT2D eigenvalue weighted by atomic mass is 32.2. The fraction of sp³-hybridized carbons (Fsp3) is 0.800. The number of amides is 1. The van der Waals surface area contributed by atoms with Crippen LogP contribution < -0.4 is 11.1 Å². The summed E-state index contributed by atoms with van der Waals surface area (Å²) < 4.78 is 0. The molecule has 0 aromatic heterocycles. The zero-order valence-corrected chi connectivity index (χ0v) is 10.5. The van der Waals surface area contributed by atoms with Crippen molar-refractivity contribution in [3.05, 3.63) is 0 Å². The summed E-state index contributed by atoms with van der Waals surface area (Å²) in [4.78, 5) is 22.3. The summed E-state index contributed by atoms with van der Waals surface area (Å²) >= 11 is 1.61. The molecule has 5 nitrogen and oxygen atoms in total. The van der Waals surface area contributed by atoms with Gasteiger partial charge in [-0.15, -0.1) is 0 Å². The molecule has 0 spiro atoms. The number of carbonyl (C=O) groups is 2. The van der Waals surface area contributed by atoms with Crippen LogP contribution in [0.2, 0.25) is 0 Å². The third-order valence-corrected chi connectivity index (χ3v) is 2.81. The molecule has 4 N–H and O–H groups in total. The van der Waals surface area contributed by atoms with Crippen LogP contribution in [0.25, 0.3) is 0 Å². The van der Waals surface area contributed by atoms with Gasteiger partial charge in [0.1, 0.15) is 6.04 Å². The Morgan fingerprint density at radius 3 is 2.50 bits per heavy atom. The van der Waals surface area contributed by atoms with E-state index in [0.29, 0.717) is 19.3 Å². The molecule has 0 aliphatic heterocycles. The van der Waals surface area contributed by atoms with Gasteiger partial charge in [0.25, 0.3) is 0 Å². The van der Waals surface area contributed by atoms with E-state index >= 15 is 0 Å². The average molecular weight is 248 g/mol. The van der Waals surface area contributed by atoms with Crippen molar-refractivity contribution in [2.45, 2.75) is 38.3 Å². The van der Waals surface area contributed by atoms with E-state index in [1.807, 2.05) is 13.2 Å². The van der Waals surface area contributed by atoms with Gasteiger partial charge in [0, 0.05) is 0 Å². The molecule has 2 atom stereocenters. The lowest BCUT2D eigenvalue weighted by atomic mass is 10.1. The number of carbonyl (C=O) groups excluding carboxylic acids is 1. The molecule has 0 saturated carbocycles. The van der Waals surface area contributed by atoms with E-state index < -0.39 is 18.1 Å². The zero-order chi connectivity index (χ0) is 12.6. The Labute approximate surface area is 100 Å². The maximum Gasteiger partial charge on any atom is 0.326 e. The number of nitrogens with one attached hydrogen (secondary N) is 1. The number of hydrogen-bond acceptors (Lipinski definition) is 4. The van der Waals surface area contributed by atoms with Crippen molar-refractivity contribution in [3.63, 3.8) is 0 Å². The number of hydrogen-bond donors (Lipinski definition) is 3. The molecule has 16 heavy (non-hydrogen) atoms. The Hall–Kier alpha value is -0.750. The summed E-state index contributed by atoms with van der Waals surface area (Å²) in [6, 6.07) is -1.44. The van der Waals surface area contributed by atoms with Crippen molar-refractivity contribution in [3.8, 4) is 0 Å². The Bertz CT molecular complexity index is 236. The molecule has 6 heteroatoms. The van der Waals surface area contributed by atoms with Crippen LogP contribution in [-0.4, -0.2) is 41.1 Å². The normalized spacial score (nSPS) is 14.2. The van der Waals surface area contributed by atoms with Gasteiger partial charge in [-0.05, 0) is 24.9 Å². The Kier molecular flexibility index (Phi) is 8.01. The molecule has 0 radical (unpaired) electrons. The first kappa shape index (κ1) is 15.2. The number of aliphatic carboxylic acids is 1. The van der Waals surface area contributed by atoms with Crippen LogP contribution in [0.5, 0.6) is 0 Å². The molecule has 0 fully saturated rings. The van der Waals surface area contributed by atoms with E-state index in [0.717, 1.165) is 5.75 Å². The van der Waals surface area contributed by atoms with Gasteiger partial charge >= 0.3 is 5.97 Å². The second kappa shape index (κ2) is 8.41. The van der Waals surface area contributed by atoms with Gasteiger partial charge in [-0.1, -0.05) is 13.3 Å². The lowest BCUT2D eigenvalue weighted by Crippen LogP contribution is -2.48. The predicted molar refractivity (Wildman–Crippen MR) is 65.4 cm³/mol. The summed E-state index contributed by atoms with van der Waals surface area (Å²) in [5.74, 6) is -0.595. The summed E-state index contributed by atoms with van der Waals surface area (Å²) in [6.45, 7) is 1.87. The first-order valence-electron chi connectivity index (χ1n) is 5.30. The largest absolute Gasteiger partial charge is 0.480 e. The van der Waals surface area contributed by atoms with Crippen LogP contribution >= 0.6 is 11.8 Å². The van der Waals surface area contributed by atoms with Gasteiger partial charge < -0.3 is 16.2 Å². The Morgan fingerprint density at radius 2 is 2.06 bits per heavy atom. The number of thioether (sulfide) groups is 1. The topological polar surface area (TPSA) is 92.4 Å². The monoisotopic (exact) mass is 248 g/mol. The third kappa shape index (κ3) is 5.97. The minimum absolute atomic E-state index is 0.380. The van der Waals surface area contributed by atoms with Gasteiger partial charge in [0.05, 0.1) is 6.04 Å². The van der Waals surface area contributed by atoms with E-state index in [9.17, 15) is 9.59 Å². The lowest BCUT2D eigenvalue weighted by Gasteiger charge is -2.16. The van der Waals surface area contributed by atoms with Crippen molar-refractivity contribution in [2.24, 2.45) is 5.73 Å². The highest BCUT2D eigenvalue weighted by molar-refractivity contribution is 7.98. The molecule has 0 aromatic carbocycles. The third-order valence-electron chi connectivity index (χ3n) is 2.16. The molecule has 1 amide bonds. The quantitative estimate of drug-likeness (QED) is 0.579. The van der Waals surface area contributed by atoms with Crippen LogP contribution in [0, 0.1) is 0 Å². The Morgan fingerprint density at radius 1 is 1.44 bits per heavy atom. The van der Waals surface area contributed by atoms with Crippen molar-refractivity contribution in [2.75, 3.05) is 12.0 Å². The van der Waals surface area contributed by atoms with Gasteiger partial charge in [-0.2, -0.15) is 11.8 Å². The van der Waals surface area contributed by atoms with Gasteiger partial charge in [-0.3, -0.25) is 4.79 Å². The Balaban J connectivity index is 4.12. The number of nitrogens with two attached hydrogens (primary N) is 1. The SMILES string of the molecule is CCCC(NC(=O)[C@@H](N)CCSC)C(=O)O. The first-order chi connectivity index (χ1) is 7.52. The second-order valence-electron chi connectivity index (χ2n) is 3.58. The summed E-state index contributed by atoms with van der Waals surface area (Å²) in [5.41, 5.74) is 5.63. The predicted octanol–water partition coefficient (Wildman–Crippen LogP) is 0.436. The van der Waals surface area contributed by atoms with Crippen molar-refractivity contribution in [1.29, 1.82) is 0 Å². The molecule has 0 heterocycles. The number of rotatable bonds is 8. The number of carboxylic acids is 1. The summed E-state index contributed by atoms with van der Waals surface area (Å²) in [7, 11) is 0. The maximum atomic E-state index is 11.5. The highest BCUT2D eigenvalue weighted by Gasteiger charge is 2.21. The number of carboxylic acid groups (broad SMARTS) is 1. The van der Waals surface area contributed by atoms with Crippen LogP contribution in [0.3, 0.4) is 0 Å². The molecule has 94 valence electrons. The first-order valence-corrected chi connectivity index (χ1v) is 6.70. The fourth-order valence-electron chi connectivity index (χ4n) is 1.20. The average Bonchev–Trinajstić information content (AvgIpc) is 2.24. The van der Waals surface area contributed by atoms with Gasteiger partial charge in [0.2, 0.25) is 5.91 Å². The van der Waals surface area contributed by atoms with E-state index in [2.05, 4.69) is 5.32 Å². The molecule has 0 rings (SSSR count). The standard InChI is InChI=1S/C10H20N2O3S/c1-3-4-8(10(14)15)12-9(13)7(11)5-6-16-2/h7-8H,3-6,11H2,1-2H3,(H,12,13)(H,14,15)/t7-,8?/m0/s1. The second-order valence-corrected chi connectivity index (χ2v) is 4.56. The van der Waals surface area contributed by atoms with Gasteiger partial charge in [0.15, 0.2) is 0 Å². The van der Waals surface area contributed by atoms with Crippen molar-refractivity contribution < 1.29 is 14.7 Å². The van der Waals surface area contributed by atoms with Gasteiger partial charge in [-0.25, -0.2) is 4.79 Å². The summed E-state index contributed by atoms with van der Waals surface area (Å²) in [6.07, 6.45) is 3.63. The molecule has 0 saturated heterocycles. The highest BCUT2D eigenvalue weighted by Crippen LogP contribution is 2.01. The van der Waals surface area contributed by atoms with Crippen LogP contribution in [0.1, 0.15) is 26.2 Å². The molecule has 0 aliphatic rings. The van der Waals surface area contributed by atoms with E-state index in [1.165, 1.54) is 0 Å². The van der Waals surface area contributed by atoms with E-state index in [-0.39, 0.29) is 5.91 Å². The minimum Gasteiger partial charge on any atom is -0.480 e. The van der Waals surface area contributed by atoms with Crippen LogP contribution in [-0.2, 0) is 9.59 Å². The molecule has 0 bridgehead atoms. The molecular weight excluding hydrogens is 228 g/mol. The molecule has 0 aromatic rings. The van der Waals surface area contributed by atoms with E-state index in [4.69, 9.17) is 10.8 Å². The zero-order valence-electron chi connectivity index (χ0n) is 9.73. The van der Waals surface area contributed by atoms with Crippen LogP contribution in [0.15, 0.2) is 0 Å². The summed E-state index contributed by atoms with van der Waals surface area (Å²) in [5, 5.41) is 11.3. The maximum absolute atomic E-state index is 11.5. The van der Waals surface area contributed by atoms with E-state index in [1.54, 1.807) is 11.8 Å². The lowest BCUT2D eigenvalue weighted by molar-refractivity contribution is -0.142. The van der Waals surface area contributed by atoms with Crippen molar-refractivity contribution >= 4 is 23.6 Å².